The van der Waals surface area contributed by atoms with Crippen LogP contribution < -0.4 is 10.6 Å². The van der Waals surface area contributed by atoms with Crippen LogP contribution in [0.3, 0.4) is 0 Å². The SMILES string of the molecule is C=CCNC(=O)C(C)N1CCC(C(=O)NC)CC1. The van der Waals surface area contributed by atoms with Crippen LogP contribution in [0, 0.1) is 5.92 Å². The van der Waals surface area contributed by atoms with Crippen molar-refractivity contribution in [3.63, 3.8) is 0 Å². The minimum Gasteiger partial charge on any atom is -0.359 e. The van der Waals surface area contributed by atoms with Crippen LogP contribution in [0.15, 0.2) is 12.7 Å². The molecule has 18 heavy (non-hydrogen) atoms. The maximum atomic E-state index is 11.8. The molecule has 2 N–H and O–H groups in total. The lowest BCUT2D eigenvalue weighted by molar-refractivity contribution is -0.128. The maximum Gasteiger partial charge on any atom is 0.237 e. The van der Waals surface area contributed by atoms with Gasteiger partial charge in [-0.3, -0.25) is 14.5 Å². The van der Waals surface area contributed by atoms with Crippen molar-refractivity contribution in [3.8, 4) is 0 Å². The largest absolute Gasteiger partial charge is 0.359 e. The standard InChI is InChI=1S/C13H23N3O2/c1-4-7-15-12(17)10(2)16-8-5-11(6-9-16)13(18)14-3/h4,10-11H,1,5-9H2,2-3H3,(H,14,18)(H,15,17). The zero-order valence-corrected chi connectivity index (χ0v) is 11.2. The molecule has 1 heterocycles. The summed E-state index contributed by atoms with van der Waals surface area (Å²) in [5.74, 6) is 0.224. The number of likely N-dealkylation sites (tertiary alicyclic amines) is 1. The van der Waals surface area contributed by atoms with Gasteiger partial charge in [0, 0.05) is 19.5 Å². The second-order valence-corrected chi connectivity index (χ2v) is 4.63. The van der Waals surface area contributed by atoms with Gasteiger partial charge in [-0.05, 0) is 32.9 Å². The van der Waals surface area contributed by atoms with Crippen LogP contribution in [0.25, 0.3) is 0 Å². The molecule has 1 unspecified atom stereocenters. The predicted octanol–water partition coefficient (Wildman–Crippen LogP) is 0.135. The number of hydrogen-bond acceptors (Lipinski definition) is 3. The van der Waals surface area contributed by atoms with Crippen LogP contribution in [0.4, 0.5) is 0 Å². The summed E-state index contributed by atoms with van der Waals surface area (Å²) in [5.41, 5.74) is 0. The Morgan fingerprint density at radius 1 is 1.44 bits per heavy atom. The Balaban J connectivity index is 2.39. The third kappa shape index (κ3) is 3.84. The molecule has 0 radical (unpaired) electrons. The molecule has 0 saturated carbocycles. The van der Waals surface area contributed by atoms with Gasteiger partial charge in [0.2, 0.25) is 11.8 Å². The Kier molecular flexibility index (Phi) is 5.85. The van der Waals surface area contributed by atoms with Crippen LogP contribution in [0.1, 0.15) is 19.8 Å². The van der Waals surface area contributed by atoms with Crippen molar-refractivity contribution in [2.24, 2.45) is 5.92 Å². The summed E-state index contributed by atoms with van der Waals surface area (Å²) in [6.07, 6.45) is 3.31. The normalized spacial score (nSPS) is 19.0. The Morgan fingerprint density at radius 3 is 2.56 bits per heavy atom. The van der Waals surface area contributed by atoms with E-state index in [1.165, 1.54) is 0 Å². The predicted molar refractivity (Wildman–Crippen MR) is 71.0 cm³/mol. The highest BCUT2D eigenvalue weighted by atomic mass is 16.2. The van der Waals surface area contributed by atoms with E-state index in [9.17, 15) is 9.59 Å². The molecule has 102 valence electrons. The van der Waals surface area contributed by atoms with Crippen molar-refractivity contribution in [2.45, 2.75) is 25.8 Å². The first-order valence-electron chi connectivity index (χ1n) is 6.44. The minimum absolute atomic E-state index is 0.0216. The third-order valence-electron chi connectivity index (χ3n) is 3.49. The summed E-state index contributed by atoms with van der Waals surface area (Å²) >= 11 is 0. The summed E-state index contributed by atoms with van der Waals surface area (Å²) < 4.78 is 0. The average Bonchev–Trinajstić information content (AvgIpc) is 2.43. The summed E-state index contributed by atoms with van der Waals surface area (Å²) in [5, 5.41) is 5.48. The molecule has 2 amide bonds. The fourth-order valence-corrected chi connectivity index (χ4v) is 2.24. The monoisotopic (exact) mass is 253 g/mol. The molecule has 1 saturated heterocycles. The van der Waals surface area contributed by atoms with Crippen molar-refractivity contribution in [1.29, 1.82) is 0 Å². The fraction of sp³-hybridized carbons (Fsp3) is 0.692. The molecule has 5 nitrogen and oxygen atoms in total. The zero-order valence-electron chi connectivity index (χ0n) is 11.2. The van der Waals surface area contributed by atoms with E-state index in [0.717, 1.165) is 25.9 Å². The number of carbonyl (C=O) groups excluding carboxylic acids is 2. The van der Waals surface area contributed by atoms with Crippen LogP contribution in [-0.4, -0.2) is 49.4 Å². The lowest BCUT2D eigenvalue weighted by atomic mass is 9.95. The lowest BCUT2D eigenvalue weighted by Crippen LogP contribution is -2.49. The quantitative estimate of drug-likeness (QED) is 0.685. The number of hydrogen-bond donors (Lipinski definition) is 2. The molecule has 1 fully saturated rings. The Labute approximate surface area is 109 Å². The van der Waals surface area contributed by atoms with Gasteiger partial charge >= 0.3 is 0 Å². The molecule has 0 aromatic rings. The van der Waals surface area contributed by atoms with Gasteiger partial charge in [0.25, 0.3) is 0 Å². The highest BCUT2D eigenvalue weighted by molar-refractivity contribution is 5.81. The van der Waals surface area contributed by atoms with Crippen molar-refractivity contribution in [3.05, 3.63) is 12.7 Å². The van der Waals surface area contributed by atoms with Crippen LogP contribution in [0.5, 0.6) is 0 Å². The molecular formula is C13H23N3O2. The number of rotatable bonds is 5. The summed E-state index contributed by atoms with van der Waals surface area (Å²) in [4.78, 5) is 25.4. The highest BCUT2D eigenvalue weighted by Gasteiger charge is 2.28. The molecule has 0 aromatic heterocycles. The number of amides is 2. The minimum atomic E-state index is -0.143. The van der Waals surface area contributed by atoms with Gasteiger partial charge in [0.1, 0.15) is 0 Å². The van der Waals surface area contributed by atoms with Gasteiger partial charge in [-0.25, -0.2) is 0 Å². The third-order valence-corrected chi connectivity index (χ3v) is 3.49. The van der Waals surface area contributed by atoms with E-state index in [1.807, 2.05) is 6.92 Å². The van der Waals surface area contributed by atoms with Crippen molar-refractivity contribution in [1.82, 2.24) is 15.5 Å². The summed E-state index contributed by atoms with van der Waals surface area (Å²) in [6.45, 7) is 7.55. The summed E-state index contributed by atoms with van der Waals surface area (Å²) in [7, 11) is 1.67. The van der Waals surface area contributed by atoms with E-state index < -0.39 is 0 Å². The Hall–Kier alpha value is -1.36. The van der Waals surface area contributed by atoms with Gasteiger partial charge in [-0.1, -0.05) is 6.08 Å². The van der Waals surface area contributed by atoms with E-state index in [1.54, 1.807) is 13.1 Å². The number of nitrogens with zero attached hydrogens (tertiary/aromatic N) is 1. The van der Waals surface area contributed by atoms with E-state index >= 15 is 0 Å². The topological polar surface area (TPSA) is 61.4 Å². The number of nitrogens with one attached hydrogen (secondary N) is 2. The molecule has 1 atom stereocenters. The van der Waals surface area contributed by atoms with E-state index in [4.69, 9.17) is 0 Å². The number of piperidine rings is 1. The van der Waals surface area contributed by atoms with Crippen molar-refractivity contribution >= 4 is 11.8 Å². The smallest absolute Gasteiger partial charge is 0.237 e. The van der Waals surface area contributed by atoms with E-state index in [-0.39, 0.29) is 23.8 Å². The molecule has 0 aliphatic carbocycles. The molecule has 0 spiro atoms. The average molecular weight is 253 g/mol. The van der Waals surface area contributed by atoms with Gasteiger partial charge in [0.05, 0.1) is 6.04 Å². The molecule has 1 aliphatic rings. The molecule has 1 aliphatic heterocycles. The van der Waals surface area contributed by atoms with Gasteiger partial charge in [-0.15, -0.1) is 6.58 Å². The van der Waals surface area contributed by atoms with E-state index in [0.29, 0.717) is 6.54 Å². The first kappa shape index (κ1) is 14.7. The molecule has 1 rings (SSSR count). The Morgan fingerprint density at radius 2 is 2.06 bits per heavy atom. The first-order chi connectivity index (χ1) is 8.60. The van der Waals surface area contributed by atoms with Gasteiger partial charge in [-0.2, -0.15) is 0 Å². The van der Waals surface area contributed by atoms with E-state index in [2.05, 4.69) is 22.1 Å². The summed E-state index contributed by atoms with van der Waals surface area (Å²) in [6, 6.07) is -0.143. The van der Waals surface area contributed by atoms with Gasteiger partial charge in [0.15, 0.2) is 0 Å². The van der Waals surface area contributed by atoms with Crippen LogP contribution >= 0.6 is 0 Å². The van der Waals surface area contributed by atoms with Crippen molar-refractivity contribution < 1.29 is 9.59 Å². The molecular weight excluding hydrogens is 230 g/mol. The van der Waals surface area contributed by atoms with Crippen molar-refractivity contribution in [2.75, 3.05) is 26.7 Å². The first-order valence-corrected chi connectivity index (χ1v) is 6.44. The second kappa shape index (κ2) is 7.16. The maximum absolute atomic E-state index is 11.8. The molecule has 5 heteroatoms. The van der Waals surface area contributed by atoms with Gasteiger partial charge < -0.3 is 10.6 Å². The molecule has 0 bridgehead atoms. The zero-order chi connectivity index (χ0) is 13.5. The van der Waals surface area contributed by atoms with Crippen LogP contribution in [-0.2, 0) is 9.59 Å². The number of carbonyl (C=O) groups is 2. The lowest BCUT2D eigenvalue weighted by Gasteiger charge is -2.34. The van der Waals surface area contributed by atoms with Crippen LogP contribution in [0.2, 0.25) is 0 Å². The molecule has 0 aromatic carbocycles. The highest BCUT2D eigenvalue weighted by Crippen LogP contribution is 2.19. The second-order valence-electron chi connectivity index (χ2n) is 4.63. The fourth-order valence-electron chi connectivity index (χ4n) is 2.24. The Bertz CT molecular complexity index is 309.